The second-order valence-electron chi connectivity index (χ2n) is 7.77. The Bertz CT molecular complexity index is 772. The van der Waals surface area contributed by atoms with Gasteiger partial charge in [0.15, 0.2) is 0 Å². The molecule has 172 valence electrons. The van der Waals surface area contributed by atoms with Gasteiger partial charge in [-0.2, -0.15) is 0 Å². The highest BCUT2D eigenvalue weighted by atomic mass is 16.6. The number of alkyl carbamates (subject to hydrolysis) is 1. The standard InChI is InChI=1S/C21H31N3O7/c1-14-6-8-15(9-7-14)18(19(28)22-13-17(27)30-5)24(10-11-25)16(26)12-23-20(29)31-21(2,3)4/h6-9,18,25H,10-13H2,1-5H3,(H,22,28)(H,23,29). The molecule has 1 aromatic carbocycles. The van der Waals surface area contributed by atoms with Gasteiger partial charge in [-0.3, -0.25) is 14.4 Å². The normalized spacial score (nSPS) is 11.8. The van der Waals surface area contributed by atoms with Crippen LogP contribution in [0.5, 0.6) is 0 Å². The van der Waals surface area contributed by atoms with E-state index in [1.165, 1.54) is 7.11 Å². The van der Waals surface area contributed by atoms with Crippen LogP contribution in [0.4, 0.5) is 4.79 Å². The average molecular weight is 437 g/mol. The highest BCUT2D eigenvalue weighted by Crippen LogP contribution is 2.22. The highest BCUT2D eigenvalue weighted by Gasteiger charge is 2.31. The van der Waals surface area contributed by atoms with Crippen molar-refractivity contribution in [2.75, 3.05) is 33.4 Å². The number of nitrogens with one attached hydrogen (secondary N) is 2. The molecule has 10 nitrogen and oxygen atoms in total. The first kappa shape index (κ1) is 25.9. The maximum atomic E-state index is 12.9. The Hall–Kier alpha value is -3.14. The topological polar surface area (TPSA) is 134 Å². The lowest BCUT2D eigenvalue weighted by molar-refractivity contribution is -0.144. The Morgan fingerprint density at radius 2 is 1.68 bits per heavy atom. The lowest BCUT2D eigenvalue weighted by Gasteiger charge is -2.31. The van der Waals surface area contributed by atoms with E-state index in [2.05, 4.69) is 15.4 Å². The summed E-state index contributed by atoms with van der Waals surface area (Å²) in [5.41, 5.74) is 0.687. The first-order valence-corrected chi connectivity index (χ1v) is 9.76. The Morgan fingerprint density at radius 3 is 2.19 bits per heavy atom. The molecular weight excluding hydrogens is 406 g/mol. The fourth-order valence-corrected chi connectivity index (χ4v) is 2.62. The van der Waals surface area contributed by atoms with E-state index in [1.807, 2.05) is 6.92 Å². The van der Waals surface area contributed by atoms with E-state index in [9.17, 15) is 24.3 Å². The van der Waals surface area contributed by atoms with Gasteiger partial charge in [-0.25, -0.2) is 4.79 Å². The fourth-order valence-electron chi connectivity index (χ4n) is 2.62. The van der Waals surface area contributed by atoms with Crippen LogP contribution in [0.2, 0.25) is 0 Å². The lowest BCUT2D eigenvalue weighted by atomic mass is 10.0. The quantitative estimate of drug-likeness (QED) is 0.483. The van der Waals surface area contributed by atoms with Crippen molar-refractivity contribution < 1.29 is 33.8 Å². The van der Waals surface area contributed by atoms with Gasteiger partial charge in [0.1, 0.15) is 24.7 Å². The number of nitrogens with zero attached hydrogens (tertiary/aromatic N) is 1. The molecule has 0 aliphatic rings. The summed E-state index contributed by atoms with van der Waals surface area (Å²) in [6.45, 7) is 5.53. The van der Waals surface area contributed by atoms with Gasteiger partial charge in [0.05, 0.1) is 13.7 Å². The molecule has 0 bridgehead atoms. The summed E-state index contributed by atoms with van der Waals surface area (Å²) in [4.78, 5) is 50.2. The van der Waals surface area contributed by atoms with Crippen molar-refractivity contribution in [3.05, 3.63) is 35.4 Å². The van der Waals surface area contributed by atoms with Crippen LogP contribution >= 0.6 is 0 Å². The van der Waals surface area contributed by atoms with Crippen molar-refractivity contribution in [2.24, 2.45) is 0 Å². The van der Waals surface area contributed by atoms with Gasteiger partial charge in [-0.1, -0.05) is 29.8 Å². The number of aryl methyl sites for hydroxylation is 1. The molecule has 3 amide bonds. The molecule has 10 heteroatoms. The van der Waals surface area contributed by atoms with Crippen LogP contribution in [-0.4, -0.2) is 72.8 Å². The predicted molar refractivity (Wildman–Crippen MR) is 112 cm³/mol. The van der Waals surface area contributed by atoms with Crippen LogP contribution in [0, 0.1) is 6.92 Å². The van der Waals surface area contributed by atoms with Gasteiger partial charge in [0.25, 0.3) is 0 Å². The molecular formula is C21H31N3O7. The zero-order chi connectivity index (χ0) is 23.6. The molecule has 0 saturated carbocycles. The van der Waals surface area contributed by atoms with Crippen LogP contribution < -0.4 is 10.6 Å². The predicted octanol–water partition coefficient (Wildman–Crippen LogP) is 0.671. The van der Waals surface area contributed by atoms with Crippen LogP contribution in [0.3, 0.4) is 0 Å². The van der Waals surface area contributed by atoms with Gasteiger partial charge >= 0.3 is 12.1 Å². The fraction of sp³-hybridized carbons (Fsp3) is 0.524. The van der Waals surface area contributed by atoms with Gasteiger partial charge in [-0.05, 0) is 33.3 Å². The number of carbonyl (C=O) groups excluding carboxylic acids is 4. The minimum absolute atomic E-state index is 0.168. The number of rotatable bonds is 9. The van der Waals surface area contributed by atoms with Gasteiger partial charge < -0.3 is 30.1 Å². The molecule has 31 heavy (non-hydrogen) atoms. The molecule has 1 aromatic rings. The molecule has 0 heterocycles. The first-order valence-electron chi connectivity index (χ1n) is 9.76. The van der Waals surface area contributed by atoms with Crippen molar-refractivity contribution in [1.82, 2.24) is 15.5 Å². The minimum Gasteiger partial charge on any atom is -0.468 e. The van der Waals surface area contributed by atoms with Crippen molar-refractivity contribution in [3.8, 4) is 0 Å². The van der Waals surface area contributed by atoms with E-state index >= 15 is 0 Å². The second-order valence-corrected chi connectivity index (χ2v) is 7.77. The summed E-state index contributed by atoms with van der Waals surface area (Å²) in [6.07, 6.45) is -0.785. The maximum absolute atomic E-state index is 12.9. The van der Waals surface area contributed by atoms with Crippen LogP contribution in [0.1, 0.15) is 37.9 Å². The highest BCUT2D eigenvalue weighted by molar-refractivity contribution is 5.91. The number of esters is 1. The van der Waals surface area contributed by atoms with E-state index in [4.69, 9.17) is 4.74 Å². The molecule has 1 unspecified atom stereocenters. The molecule has 1 atom stereocenters. The number of aliphatic hydroxyl groups excluding tert-OH is 1. The van der Waals surface area contributed by atoms with Crippen LogP contribution in [0.15, 0.2) is 24.3 Å². The lowest BCUT2D eigenvalue weighted by Crippen LogP contribution is -2.49. The number of carbonyl (C=O) groups is 4. The number of ether oxygens (including phenoxy) is 2. The Kier molecular flexibility index (Phi) is 9.94. The van der Waals surface area contributed by atoms with Gasteiger partial charge in [0, 0.05) is 6.54 Å². The molecule has 1 rings (SSSR count). The third kappa shape index (κ3) is 9.04. The number of hydrogen-bond donors (Lipinski definition) is 3. The summed E-state index contributed by atoms with van der Waals surface area (Å²) in [5.74, 6) is -1.89. The SMILES string of the molecule is COC(=O)CNC(=O)C(c1ccc(C)cc1)N(CCO)C(=O)CNC(=O)OC(C)(C)C. The summed E-state index contributed by atoms with van der Waals surface area (Å²) in [6, 6.07) is 5.77. The largest absolute Gasteiger partial charge is 0.468 e. The number of benzene rings is 1. The molecule has 0 saturated heterocycles. The van der Waals surface area contributed by atoms with Gasteiger partial charge in [-0.15, -0.1) is 0 Å². The molecule has 0 aliphatic carbocycles. The third-order valence-corrected chi connectivity index (χ3v) is 4.03. The monoisotopic (exact) mass is 437 g/mol. The Labute approximate surface area is 181 Å². The molecule has 0 aromatic heterocycles. The van der Waals surface area contributed by atoms with E-state index in [1.54, 1.807) is 45.0 Å². The van der Waals surface area contributed by atoms with E-state index in [0.29, 0.717) is 5.56 Å². The Morgan fingerprint density at radius 1 is 1.06 bits per heavy atom. The van der Waals surface area contributed by atoms with E-state index < -0.39 is 48.7 Å². The van der Waals surface area contributed by atoms with Crippen LogP contribution in [0.25, 0.3) is 0 Å². The van der Waals surface area contributed by atoms with E-state index in [0.717, 1.165) is 10.5 Å². The molecule has 0 radical (unpaired) electrons. The first-order chi connectivity index (χ1) is 14.5. The molecule has 3 N–H and O–H groups in total. The number of methoxy groups -OCH3 is 1. The van der Waals surface area contributed by atoms with Crippen molar-refractivity contribution in [2.45, 2.75) is 39.3 Å². The number of aliphatic hydroxyl groups is 1. The molecule has 0 aliphatic heterocycles. The van der Waals surface area contributed by atoms with Gasteiger partial charge in [0.2, 0.25) is 11.8 Å². The zero-order valence-electron chi connectivity index (χ0n) is 18.6. The molecule has 0 fully saturated rings. The Balaban J connectivity index is 3.09. The molecule has 0 spiro atoms. The smallest absolute Gasteiger partial charge is 0.408 e. The summed E-state index contributed by atoms with van der Waals surface area (Å²) in [5, 5.41) is 14.3. The van der Waals surface area contributed by atoms with Crippen molar-refractivity contribution >= 4 is 23.9 Å². The van der Waals surface area contributed by atoms with Crippen molar-refractivity contribution in [3.63, 3.8) is 0 Å². The average Bonchev–Trinajstić information content (AvgIpc) is 2.69. The number of hydrogen-bond acceptors (Lipinski definition) is 7. The number of amides is 3. The van der Waals surface area contributed by atoms with Crippen LogP contribution in [-0.2, 0) is 23.9 Å². The summed E-state index contributed by atoms with van der Waals surface area (Å²) in [7, 11) is 1.19. The summed E-state index contributed by atoms with van der Waals surface area (Å²) >= 11 is 0. The zero-order valence-corrected chi connectivity index (χ0v) is 18.6. The third-order valence-electron chi connectivity index (χ3n) is 4.03. The van der Waals surface area contributed by atoms with E-state index in [-0.39, 0.29) is 13.1 Å². The van der Waals surface area contributed by atoms with Crippen molar-refractivity contribution in [1.29, 1.82) is 0 Å². The minimum atomic E-state index is -1.13. The summed E-state index contributed by atoms with van der Waals surface area (Å²) < 4.78 is 9.64. The second kappa shape index (κ2) is 11.9. The maximum Gasteiger partial charge on any atom is 0.408 e.